The Labute approximate surface area is 307 Å². The van der Waals surface area contributed by atoms with Gasteiger partial charge in [0.1, 0.15) is 23.0 Å². The van der Waals surface area contributed by atoms with E-state index >= 15 is 0 Å². The maximum absolute atomic E-state index is 13.3. The highest BCUT2D eigenvalue weighted by Gasteiger charge is 2.54. The summed E-state index contributed by atoms with van der Waals surface area (Å²) in [5, 5.41) is 0. The van der Waals surface area contributed by atoms with Crippen LogP contribution < -0.4 is 4.74 Å². The Balaban J connectivity index is 0.813. The van der Waals surface area contributed by atoms with Gasteiger partial charge in [-0.1, -0.05) is 38.7 Å². The van der Waals surface area contributed by atoms with E-state index in [4.69, 9.17) is 14.5 Å². The number of hydrogen-bond donors (Lipinski definition) is 2. The maximum atomic E-state index is 13.3. The number of allylic oxidation sites excluding steroid dienone is 1. The van der Waals surface area contributed by atoms with Gasteiger partial charge in [0.05, 0.1) is 18.5 Å². The van der Waals surface area contributed by atoms with Crippen LogP contribution in [-0.4, -0.2) is 40.3 Å². The molecule has 0 radical (unpaired) electrons. The molecule has 0 amide bonds. The van der Waals surface area contributed by atoms with Crippen LogP contribution >= 0.6 is 0 Å². The van der Waals surface area contributed by atoms with Gasteiger partial charge in [-0.25, -0.2) is 4.99 Å². The molecule has 8 nitrogen and oxygen atoms in total. The van der Waals surface area contributed by atoms with Crippen molar-refractivity contribution < 1.29 is 23.9 Å². The van der Waals surface area contributed by atoms with Crippen molar-refractivity contribution in [2.24, 2.45) is 22.2 Å². The predicted molar refractivity (Wildman–Crippen MR) is 204 cm³/mol. The fourth-order valence-electron chi connectivity index (χ4n) is 9.75. The Hall–Kier alpha value is -4.46. The van der Waals surface area contributed by atoms with Gasteiger partial charge in [0.2, 0.25) is 0 Å². The summed E-state index contributed by atoms with van der Waals surface area (Å²) in [6.45, 7) is 6.16. The van der Waals surface area contributed by atoms with E-state index < -0.39 is 0 Å². The second kappa shape index (κ2) is 15.3. The zero-order valence-corrected chi connectivity index (χ0v) is 31.2. The van der Waals surface area contributed by atoms with Crippen LogP contribution in [0.1, 0.15) is 140 Å². The lowest BCUT2D eigenvalue weighted by molar-refractivity contribution is -0.134. The van der Waals surface area contributed by atoms with E-state index in [-0.39, 0.29) is 17.2 Å². The number of carbonyl (C=O) groups is 3. The summed E-state index contributed by atoms with van der Waals surface area (Å²) in [5.74, 6) is 3.47. The normalized spacial score (nSPS) is 24.3. The Morgan fingerprint density at radius 2 is 1.79 bits per heavy atom. The van der Waals surface area contributed by atoms with Crippen molar-refractivity contribution in [3.05, 3.63) is 93.4 Å². The molecule has 8 heteroatoms. The van der Waals surface area contributed by atoms with Crippen LogP contribution in [0.3, 0.4) is 0 Å². The zero-order chi connectivity index (χ0) is 36.4. The summed E-state index contributed by atoms with van der Waals surface area (Å²) in [6, 6.07) is 10.2. The van der Waals surface area contributed by atoms with E-state index in [9.17, 15) is 14.4 Å². The summed E-state index contributed by atoms with van der Waals surface area (Å²) in [6.07, 6.45) is 18.4. The number of ether oxygens (including phenoxy) is 2. The minimum atomic E-state index is -0.167. The van der Waals surface area contributed by atoms with Crippen LogP contribution in [0.15, 0.2) is 59.1 Å². The number of esters is 1. The molecule has 4 atom stereocenters. The van der Waals surface area contributed by atoms with Gasteiger partial charge in [-0.3, -0.25) is 14.4 Å². The number of methoxy groups -OCH3 is 1. The lowest BCUT2D eigenvalue weighted by Crippen LogP contribution is -2.42. The number of aryl methyl sites for hydroxylation is 2. The van der Waals surface area contributed by atoms with Crippen molar-refractivity contribution >= 4 is 29.3 Å². The van der Waals surface area contributed by atoms with Gasteiger partial charge in [0.25, 0.3) is 0 Å². The molecule has 3 aromatic rings. The topological polar surface area (TPSA) is 114 Å². The minimum absolute atomic E-state index is 0.105. The largest absolute Gasteiger partial charge is 0.494 e. The van der Waals surface area contributed by atoms with E-state index in [0.717, 1.165) is 117 Å². The van der Waals surface area contributed by atoms with Crippen molar-refractivity contribution in [1.82, 2.24) is 9.97 Å². The summed E-state index contributed by atoms with van der Waals surface area (Å²) < 4.78 is 11.4. The number of hydrogen-bond acceptors (Lipinski definition) is 6. The van der Waals surface area contributed by atoms with Crippen LogP contribution in [0.4, 0.5) is 0 Å². The summed E-state index contributed by atoms with van der Waals surface area (Å²) in [5.41, 5.74) is 8.52. The SMILES string of the molecule is COC1=CC(c2ccc[nH]2)=N/C1=C\c1[nH]c(C)c(C(=O)CCCCCCCCC(=O)Oc2ccc3c(c2)CCC2C3CC[C@]3(C)C(=O)CC[C@@H]23)c1C. The van der Waals surface area contributed by atoms with Crippen LogP contribution in [0.2, 0.25) is 0 Å². The van der Waals surface area contributed by atoms with E-state index in [1.54, 1.807) is 7.11 Å². The first-order chi connectivity index (χ1) is 25.2. The van der Waals surface area contributed by atoms with Gasteiger partial charge in [-0.2, -0.15) is 0 Å². The number of carbonyl (C=O) groups excluding carboxylic acids is 3. The second-order valence-electron chi connectivity index (χ2n) is 15.7. The van der Waals surface area contributed by atoms with Gasteiger partial charge in [0.15, 0.2) is 5.78 Å². The molecule has 2 unspecified atom stereocenters. The molecule has 0 bridgehead atoms. The van der Waals surface area contributed by atoms with Gasteiger partial charge in [0, 0.05) is 53.9 Å². The molecule has 3 heterocycles. The standard InChI is InChI=1S/C44H53N3O5/c1-27-36(25-38-40(51-4)26-37(47-38)35-12-11-23-45-35)46-28(2)43(27)39(48)13-9-7-5-6-8-10-14-42(50)52-30-16-18-31-29(24-30)15-17-33-32(31)21-22-44(3)34(33)19-20-41(44)49/h11-12,16,18,23-26,32-34,45-46H,5-10,13-15,17,19-22H2,1-4H3/b38-25-/t32?,33?,34-,44-/m0/s1. The molecule has 2 fully saturated rings. The number of nitrogens with zero attached hydrogens (tertiary/aromatic N) is 1. The quantitative estimate of drug-likeness (QED) is 0.0751. The fourth-order valence-corrected chi connectivity index (χ4v) is 9.75. The molecule has 52 heavy (non-hydrogen) atoms. The molecule has 2 aromatic heterocycles. The van der Waals surface area contributed by atoms with Crippen LogP contribution in [-0.2, 0) is 20.7 Å². The highest BCUT2D eigenvalue weighted by molar-refractivity contribution is 6.11. The molecule has 3 aliphatic carbocycles. The monoisotopic (exact) mass is 703 g/mol. The molecular weight excluding hydrogens is 651 g/mol. The van der Waals surface area contributed by atoms with Crippen molar-refractivity contribution in [1.29, 1.82) is 0 Å². The highest BCUT2D eigenvalue weighted by atomic mass is 16.5. The smallest absolute Gasteiger partial charge is 0.311 e. The zero-order valence-electron chi connectivity index (χ0n) is 31.2. The third-order valence-corrected chi connectivity index (χ3v) is 12.6. The molecular formula is C44H53N3O5. The van der Waals surface area contributed by atoms with Crippen LogP contribution in [0.5, 0.6) is 5.75 Å². The molecule has 1 aliphatic heterocycles. The molecule has 2 saturated carbocycles. The fraction of sp³-hybridized carbons (Fsp3) is 0.500. The first kappa shape index (κ1) is 35.9. The first-order valence-corrected chi connectivity index (χ1v) is 19.5. The van der Waals surface area contributed by atoms with E-state index in [1.807, 2.05) is 50.4 Å². The third kappa shape index (κ3) is 7.13. The second-order valence-corrected chi connectivity index (χ2v) is 15.7. The van der Waals surface area contributed by atoms with Crippen molar-refractivity contribution in [3.63, 3.8) is 0 Å². The molecule has 0 saturated heterocycles. The molecule has 0 spiro atoms. The van der Waals surface area contributed by atoms with Crippen LogP contribution in [0, 0.1) is 31.1 Å². The average Bonchev–Trinajstić information content (AvgIpc) is 3.92. The lowest BCUT2D eigenvalue weighted by atomic mass is 9.55. The molecule has 4 aliphatic rings. The predicted octanol–water partition coefficient (Wildman–Crippen LogP) is 9.67. The van der Waals surface area contributed by atoms with Crippen molar-refractivity contribution in [2.45, 2.75) is 117 Å². The maximum Gasteiger partial charge on any atom is 0.311 e. The summed E-state index contributed by atoms with van der Waals surface area (Å²) >= 11 is 0. The van der Waals surface area contributed by atoms with Gasteiger partial charge >= 0.3 is 5.97 Å². The Morgan fingerprint density at radius 1 is 1.00 bits per heavy atom. The Morgan fingerprint density at radius 3 is 2.56 bits per heavy atom. The number of aromatic amines is 2. The van der Waals surface area contributed by atoms with E-state index in [1.165, 1.54) is 11.1 Å². The third-order valence-electron chi connectivity index (χ3n) is 12.6. The number of aromatic nitrogens is 2. The van der Waals surface area contributed by atoms with Gasteiger partial charge in [-0.15, -0.1) is 0 Å². The number of Topliss-reactive ketones (excluding diaryl/α,β-unsaturated/α-hetero) is 2. The number of nitrogens with one attached hydrogen (secondary N) is 2. The van der Waals surface area contributed by atoms with Crippen LogP contribution in [0.25, 0.3) is 6.08 Å². The number of fused-ring (bicyclic) bond motifs is 5. The van der Waals surface area contributed by atoms with Gasteiger partial charge < -0.3 is 19.4 Å². The number of benzene rings is 1. The summed E-state index contributed by atoms with van der Waals surface area (Å²) in [4.78, 5) is 49.9. The number of aliphatic imine (C=N–C) groups is 1. The van der Waals surface area contributed by atoms with E-state index in [0.29, 0.717) is 47.9 Å². The average molecular weight is 704 g/mol. The van der Waals surface area contributed by atoms with Crippen molar-refractivity contribution in [3.8, 4) is 5.75 Å². The number of rotatable bonds is 14. The molecule has 274 valence electrons. The number of unbranched alkanes of at least 4 members (excludes halogenated alkanes) is 5. The lowest BCUT2D eigenvalue weighted by Gasteiger charge is -2.48. The van der Waals surface area contributed by atoms with Crippen molar-refractivity contribution in [2.75, 3.05) is 7.11 Å². The first-order valence-electron chi connectivity index (χ1n) is 19.5. The highest BCUT2D eigenvalue weighted by Crippen LogP contribution is 2.59. The minimum Gasteiger partial charge on any atom is -0.494 e. The molecule has 2 N–H and O–H groups in total. The molecule has 1 aromatic carbocycles. The van der Waals surface area contributed by atoms with E-state index in [2.05, 4.69) is 29.0 Å². The Bertz CT molecular complexity index is 1930. The Kier molecular flexibility index (Phi) is 10.5. The summed E-state index contributed by atoms with van der Waals surface area (Å²) in [7, 11) is 1.64. The van der Waals surface area contributed by atoms with Gasteiger partial charge in [-0.05, 0) is 124 Å². The number of H-pyrrole nitrogens is 2. The number of ketones is 2. The molecule has 7 rings (SSSR count).